The van der Waals surface area contributed by atoms with E-state index in [1.54, 1.807) is 10.6 Å². The Bertz CT molecular complexity index is 485. The van der Waals surface area contributed by atoms with E-state index in [4.69, 9.17) is 28.2 Å². The molecule has 0 aliphatic heterocycles. The Morgan fingerprint density at radius 2 is 2.25 bits per heavy atom. The minimum Gasteiger partial charge on any atom is -0.429 e. The second kappa shape index (κ2) is 2.61. The van der Waals surface area contributed by atoms with Crippen LogP contribution in [0.1, 0.15) is 0 Å². The number of benzene rings is 1. The van der Waals surface area contributed by atoms with Crippen LogP contribution in [0, 0.1) is 4.84 Å². The standard InChI is InChI=1S/C8H6ClNOS/c1-10-6-4-5(9)2-3-7(6)11-8(10)12/h2-4H,1H3. The highest BCUT2D eigenvalue weighted by Gasteiger charge is 2.02. The molecular formula is C8H6ClNOS. The molecule has 1 aromatic heterocycles. The Morgan fingerprint density at radius 1 is 1.50 bits per heavy atom. The molecule has 2 aromatic rings. The molecule has 0 atom stereocenters. The SMILES string of the molecule is Cn1c(=S)oc2ccc(Cl)cc21. The van der Waals surface area contributed by atoms with Gasteiger partial charge in [-0.05, 0) is 30.4 Å². The van der Waals surface area contributed by atoms with Gasteiger partial charge in [-0.3, -0.25) is 0 Å². The van der Waals surface area contributed by atoms with Crippen molar-refractivity contribution in [3.05, 3.63) is 28.1 Å². The molecule has 4 heteroatoms. The number of rotatable bonds is 0. The predicted molar refractivity (Wildman–Crippen MR) is 51.0 cm³/mol. The van der Waals surface area contributed by atoms with E-state index in [1.807, 2.05) is 19.2 Å². The lowest BCUT2D eigenvalue weighted by Crippen LogP contribution is -1.84. The van der Waals surface area contributed by atoms with Crippen LogP contribution >= 0.6 is 23.8 Å². The molecule has 0 amide bonds. The van der Waals surface area contributed by atoms with E-state index >= 15 is 0 Å². The third-order valence-corrected chi connectivity index (χ3v) is 2.35. The summed E-state index contributed by atoms with van der Waals surface area (Å²) in [7, 11) is 1.85. The van der Waals surface area contributed by atoms with Gasteiger partial charge in [-0.2, -0.15) is 0 Å². The average Bonchev–Trinajstić information content (AvgIpc) is 2.31. The molecule has 0 unspecified atom stereocenters. The van der Waals surface area contributed by atoms with E-state index in [-0.39, 0.29) is 0 Å². The zero-order valence-electron chi connectivity index (χ0n) is 6.37. The molecule has 12 heavy (non-hydrogen) atoms. The fourth-order valence-electron chi connectivity index (χ4n) is 1.10. The van der Waals surface area contributed by atoms with Gasteiger partial charge in [0.25, 0.3) is 4.84 Å². The molecular weight excluding hydrogens is 194 g/mol. The molecule has 0 fully saturated rings. The highest BCUT2D eigenvalue weighted by molar-refractivity contribution is 7.71. The van der Waals surface area contributed by atoms with Crippen molar-refractivity contribution in [2.45, 2.75) is 0 Å². The van der Waals surface area contributed by atoms with Gasteiger partial charge in [-0.1, -0.05) is 11.6 Å². The molecule has 0 saturated carbocycles. The van der Waals surface area contributed by atoms with Crippen molar-refractivity contribution in [2.24, 2.45) is 7.05 Å². The fraction of sp³-hybridized carbons (Fsp3) is 0.125. The summed E-state index contributed by atoms with van der Waals surface area (Å²) in [6, 6.07) is 5.42. The van der Waals surface area contributed by atoms with Gasteiger partial charge in [0.15, 0.2) is 5.58 Å². The minimum atomic E-state index is 0.465. The molecule has 2 nitrogen and oxygen atoms in total. The summed E-state index contributed by atoms with van der Waals surface area (Å²) in [5.41, 5.74) is 1.69. The molecule has 0 radical (unpaired) electrons. The van der Waals surface area contributed by atoms with Crippen LogP contribution in [-0.4, -0.2) is 4.57 Å². The summed E-state index contributed by atoms with van der Waals surface area (Å²) in [5, 5.41) is 0.689. The number of oxazole rings is 1. The van der Waals surface area contributed by atoms with E-state index in [9.17, 15) is 0 Å². The molecule has 0 aliphatic rings. The maximum Gasteiger partial charge on any atom is 0.269 e. The summed E-state index contributed by atoms with van der Waals surface area (Å²) < 4.78 is 7.06. The van der Waals surface area contributed by atoms with Crippen LogP contribution in [0.2, 0.25) is 5.02 Å². The average molecular weight is 200 g/mol. The van der Waals surface area contributed by atoms with Crippen LogP contribution in [0.3, 0.4) is 0 Å². The van der Waals surface area contributed by atoms with Crippen LogP contribution in [0.15, 0.2) is 22.6 Å². The largest absolute Gasteiger partial charge is 0.429 e. The van der Waals surface area contributed by atoms with E-state index in [1.165, 1.54) is 0 Å². The zero-order valence-corrected chi connectivity index (χ0v) is 7.95. The van der Waals surface area contributed by atoms with E-state index < -0.39 is 0 Å². The number of halogens is 1. The highest BCUT2D eigenvalue weighted by Crippen LogP contribution is 2.20. The zero-order chi connectivity index (χ0) is 8.72. The van der Waals surface area contributed by atoms with Gasteiger partial charge in [0.1, 0.15) is 0 Å². The lowest BCUT2D eigenvalue weighted by molar-refractivity contribution is 0.559. The molecule has 2 rings (SSSR count). The first kappa shape index (κ1) is 7.83. The van der Waals surface area contributed by atoms with Crippen LogP contribution in [0.5, 0.6) is 0 Å². The van der Waals surface area contributed by atoms with Gasteiger partial charge in [-0.15, -0.1) is 0 Å². The lowest BCUT2D eigenvalue weighted by Gasteiger charge is -1.91. The summed E-state index contributed by atoms with van der Waals surface area (Å²) in [4.78, 5) is 0.465. The molecule has 0 N–H and O–H groups in total. The second-order valence-electron chi connectivity index (χ2n) is 2.54. The smallest absolute Gasteiger partial charge is 0.269 e. The number of hydrogen-bond acceptors (Lipinski definition) is 2. The Morgan fingerprint density at radius 3 is 3.00 bits per heavy atom. The highest BCUT2D eigenvalue weighted by atomic mass is 35.5. The summed E-state index contributed by atoms with van der Waals surface area (Å²) in [6.07, 6.45) is 0. The van der Waals surface area contributed by atoms with Crippen molar-refractivity contribution in [2.75, 3.05) is 0 Å². The molecule has 0 aliphatic carbocycles. The van der Waals surface area contributed by atoms with Gasteiger partial charge in [0, 0.05) is 12.1 Å². The van der Waals surface area contributed by atoms with Crippen LogP contribution in [-0.2, 0) is 7.05 Å². The maximum absolute atomic E-state index is 5.81. The molecule has 62 valence electrons. The number of nitrogens with zero attached hydrogens (tertiary/aromatic N) is 1. The Hall–Kier alpha value is -0.800. The predicted octanol–water partition coefficient (Wildman–Crippen LogP) is 3.15. The number of hydrogen-bond donors (Lipinski definition) is 0. The van der Waals surface area contributed by atoms with Gasteiger partial charge in [-0.25, -0.2) is 0 Å². The van der Waals surface area contributed by atoms with E-state index in [0.717, 1.165) is 11.1 Å². The molecule has 0 bridgehead atoms. The van der Waals surface area contributed by atoms with Gasteiger partial charge in [0.05, 0.1) is 5.52 Å². The minimum absolute atomic E-state index is 0.465. The third-order valence-electron chi connectivity index (χ3n) is 1.75. The van der Waals surface area contributed by atoms with Crippen LogP contribution < -0.4 is 0 Å². The van der Waals surface area contributed by atoms with Gasteiger partial charge < -0.3 is 8.98 Å². The van der Waals surface area contributed by atoms with Crippen LogP contribution in [0.4, 0.5) is 0 Å². The Labute approximate surface area is 79.4 Å². The number of aryl methyl sites for hydroxylation is 1. The maximum atomic E-state index is 5.81. The van der Waals surface area contributed by atoms with E-state index in [0.29, 0.717) is 9.86 Å². The quantitative estimate of drug-likeness (QED) is 0.607. The van der Waals surface area contributed by atoms with Crippen molar-refractivity contribution < 1.29 is 4.42 Å². The summed E-state index contributed by atoms with van der Waals surface area (Å²) in [5.74, 6) is 0. The third kappa shape index (κ3) is 1.06. The first-order valence-corrected chi connectivity index (χ1v) is 4.22. The monoisotopic (exact) mass is 199 g/mol. The van der Waals surface area contributed by atoms with Crippen molar-refractivity contribution in [1.82, 2.24) is 4.57 Å². The van der Waals surface area contributed by atoms with Crippen molar-refractivity contribution in [3.8, 4) is 0 Å². The van der Waals surface area contributed by atoms with Crippen molar-refractivity contribution in [3.63, 3.8) is 0 Å². The molecule has 1 heterocycles. The first-order chi connectivity index (χ1) is 5.68. The topological polar surface area (TPSA) is 18.1 Å². The number of fused-ring (bicyclic) bond motifs is 1. The van der Waals surface area contributed by atoms with Gasteiger partial charge >= 0.3 is 0 Å². The Balaban J connectivity index is 2.98. The van der Waals surface area contributed by atoms with Crippen molar-refractivity contribution >= 4 is 34.9 Å². The van der Waals surface area contributed by atoms with Gasteiger partial charge in [0.2, 0.25) is 0 Å². The first-order valence-electron chi connectivity index (χ1n) is 3.43. The summed E-state index contributed by atoms with van der Waals surface area (Å²) >= 11 is 10.8. The van der Waals surface area contributed by atoms with Crippen LogP contribution in [0.25, 0.3) is 11.1 Å². The molecule has 0 spiro atoms. The fourth-order valence-corrected chi connectivity index (χ4v) is 1.45. The number of aromatic nitrogens is 1. The lowest BCUT2D eigenvalue weighted by atomic mass is 10.3. The summed E-state index contributed by atoms with van der Waals surface area (Å²) in [6.45, 7) is 0. The second-order valence-corrected chi connectivity index (χ2v) is 3.32. The molecule has 0 saturated heterocycles. The van der Waals surface area contributed by atoms with Crippen molar-refractivity contribution in [1.29, 1.82) is 0 Å². The normalized spacial score (nSPS) is 10.8. The molecule has 1 aromatic carbocycles. The Kier molecular flexibility index (Phi) is 1.70. The van der Waals surface area contributed by atoms with E-state index in [2.05, 4.69) is 0 Å².